The molecule has 29 heavy (non-hydrogen) atoms. The Hall–Kier alpha value is -3.60. The summed E-state index contributed by atoms with van der Waals surface area (Å²) in [6.07, 6.45) is 3.77. The summed E-state index contributed by atoms with van der Waals surface area (Å²) in [7, 11) is 0. The highest BCUT2D eigenvalue weighted by molar-refractivity contribution is 5.93. The van der Waals surface area contributed by atoms with Crippen LogP contribution < -0.4 is 16.0 Å². The van der Waals surface area contributed by atoms with Gasteiger partial charge in [0.05, 0.1) is 11.9 Å². The first-order valence-corrected chi connectivity index (χ1v) is 9.68. The number of imidazole rings is 1. The molecule has 148 valence electrons. The molecule has 1 aliphatic carbocycles. The average molecular weight is 389 g/mol. The van der Waals surface area contributed by atoms with Crippen LogP contribution in [0, 0.1) is 24.2 Å². The molecule has 1 aromatic carbocycles. The summed E-state index contributed by atoms with van der Waals surface area (Å²) in [4.78, 5) is 16.4. The number of rotatable bonds is 6. The van der Waals surface area contributed by atoms with Gasteiger partial charge in [-0.1, -0.05) is 19.9 Å². The molecule has 0 aliphatic heterocycles. The fraction of sp³-hybridized carbons (Fsp3) is 0.333. The Morgan fingerprint density at radius 3 is 2.76 bits per heavy atom. The van der Waals surface area contributed by atoms with Gasteiger partial charge in [0.2, 0.25) is 5.91 Å². The summed E-state index contributed by atoms with van der Waals surface area (Å²) in [6.45, 7) is 5.67. The second kappa shape index (κ2) is 7.43. The molecule has 2 heterocycles. The number of hydrogen-bond donors (Lipinski definition) is 3. The van der Waals surface area contributed by atoms with Crippen LogP contribution >= 0.6 is 0 Å². The van der Waals surface area contributed by atoms with Crippen LogP contribution in [0.3, 0.4) is 0 Å². The van der Waals surface area contributed by atoms with Crippen molar-refractivity contribution in [2.45, 2.75) is 39.7 Å². The molecule has 0 saturated heterocycles. The molecule has 0 bridgehead atoms. The standard InChI is InChI=1S/C21H23N7O/c1-12(2)21(29)26-17-8-15(5-4-13(17)3)25-19-9-18(24-14-6-7-14)20-23-11-16(10-22)28(20)27-19/h4-5,8-9,11-12,14,24H,6-7H2,1-3H3,(H,25,27)(H,26,29). The Morgan fingerprint density at radius 2 is 2.07 bits per heavy atom. The number of benzene rings is 1. The summed E-state index contributed by atoms with van der Waals surface area (Å²) >= 11 is 0. The second-order valence-electron chi connectivity index (χ2n) is 7.65. The van der Waals surface area contributed by atoms with Gasteiger partial charge in [-0.25, -0.2) is 4.98 Å². The SMILES string of the molecule is Cc1ccc(Nc2cc(NC3CC3)c3ncc(C#N)n3n2)cc1NC(=O)C(C)C. The third-order valence-corrected chi connectivity index (χ3v) is 4.81. The normalized spacial score (nSPS) is 13.3. The summed E-state index contributed by atoms with van der Waals surface area (Å²) < 4.78 is 1.54. The van der Waals surface area contributed by atoms with Crippen molar-refractivity contribution in [1.29, 1.82) is 5.26 Å². The molecule has 0 unspecified atom stereocenters. The Morgan fingerprint density at radius 1 is 1.28 bits per heavy atom. The highest BCUT2D eigenvalue weighted by Crippen LogP contribution is 2.30. The van der Waals surface area contributed by atoms with E-state index in [1.54, 1.807) is 4.52 Å². The molecule has 2 aromatic heterocycles. The first-order chi connectivity index (χ1) is 13.9. The second-order valence-corrected chi connectivity index (χ2v) is 7.65. The van der Waals surface area contributed by atoms with Crippen LogP contribution in [0.25, 0.3) is 5.65 Å². The minimum atomic E-state index is -0.100. The molecular formula is C21H23N7O. The predicted octanol–water partition coefficient (Wildman–Crippen LogP) is 3.82. The Kier molecular flexibility index (Phi) is 4.80. The number of carbonyl (C=O) groups excluding carboxylic acids is 1. The maximum atomic E-state index is 12.1. The zero-order valence-electron chi connectivity index (χ0n) is 16.7. The molecule has 0 spiro atoms. The molecule has 8 heteroatoms. The molecule has 0 radical (unpaired) electrons. The maximum absolute atomic E-state index is 12.1. The Labute approximate surface area is 168 Å². The number of aryl methyl sites for hydroxylation is 1. The van der Waals surface area contributed by atoms with Gasteiger partial charge >= 0.3 is 0 Å². The Balaban J connectivity index is 1.67. The Bertz CT molecular complexity index is 1120. The number of aromatic nitrogens is 3. The molecular weight excluding hydrogens is 366 g/mol. The van der Waals surface area contributed by atoms with Crippen molar-refractivity contribution < 1.29 is 4.79 Å². The quantitative estimate of drug-likeness (QED) is 0.592. The van der Waals surface area contributed by atoms with E-state index in [1.807, 2.05) is 45.0 Å². The van der Waals surface area contributed by atoms with E-state index < -0.39 is 0 Å². The molecule has 4 rings (SSSR count). The van der Waals surface area contributed by atoms with Crippen LogP contribution in [0.4, 0.5) is 22.9 Å². The van der Waals surface area contributed by atoms with E-state index in [9.17, 15) is 10.1 Å². The average Bonchev–Trinajstić information content (AvgIpc) is 3.40. The van der Waals surface area contributed by atoms with Gasteiger partial charge < -0.3 is 16.0 Å². The number of nitrogens with one attached hydrogen (secondary N) is 3. The van der Waals surface area contributed by atoms with Gasteiger partial charge in [-0.2, -0.15) is 9.78 Å². The van der Waals surface area contributed by atoms with E-state index in [2.05, 4.69) is 32.1 Å². The van der Waals surface area contributed by atoms with Gasteiger partial charge in [-0.05, 0) is 37.5 Å². The first kappa shape index (κ1) is 18.7. The van der Waals surface area contributed by atoms with E-state index in [4.69, 9.17) is 0 Å². The number of nitriles is 1. The van der Waals surface area contributed by atoms with Crippen molar-refractivity contribution in [1.82, 2.24) is 14.6 Å². The first-order valence-electron chi connectivity index (χ1n) is 9.68. The van der Waals surface area contributed by atoms with Crippen LogP contribution in [0.1, 0.15) is 37.9 Å². The lowest BCUT2D eigenvalue weighted by molar-refractivity contribution is -0.118. The summed E-state index contributed by atoms with van der Waals surface area (Å²) in [6, 6.07) is 10.2. The van der Waals surface area contributed by atoms with Crippen molar-refractivity contribution in [3.63, 3.8) is 0 Å². The minimum Gasteiger partial charge on any atom is -0.379 e. The van der Waals surface area contributed by atoms with Gasteiger partial charge in [0.1, 0.15) is 6.07 Å². The summed E-state index contributed by atoms with van der Waals surface area (Å²) in [5.74, 6) is 0.453. The molecule has 3 N–H and O–H groups in total. The highest BCUT2D eigenvalue weighted by Gasteiger charge is 2.23. The highest BCUT2D eigenvalue weighted by atomic mass is 16.1. The monoisotopic (exact) mass is 389 g/mol. The summed E-state index contributed by atoms with van der Waals surface area (Å²) in [5, 5.41) is 23.6. The van der Waals surface area contributed by atoms with Crippen molar-refractivity contribution >= 4 is 34.4 Å². The molecule has 8 nitrogen and oxygen atoms in total. The van der Waals surface area contributed by atoms with Crippen molar-refractivity contribution in [2.75, 3.05) is 16.0 Å². The number of carbonyl (C=O) groups is 1. The number of nitrogens with zero attached hydrogens (tertiary/aromatic N) is 4. The van der Waals surface area contributed by atoms with E-state index in [1.165, 1.54) is 6.20 Å². The third kappa shape index (κ3) is 3.99. The molecule has 1 fully saturated rings. The lowest BCUT2D eigenvalue weighted by Crippen LogP contribution is -2.18. The third-order valence-electron chi connectivity index (χ3n) is 4.81. The van der Waals surface area contributed by atoms with Crippen molar-refractivity contribution in [2.24, 2.45) is 5.92 Å². The number of fused-ring (bicyclic) bond motifs is 1. The largest absolute Gasteiger partial charge is 0.379 e. The maximum Gasteiger partial charge on any atom is 0.226 e. The van der Waals surface area contributed by atoms with E-state index in [-0.39, 0.29) is 11.8 Å². The fourth-order valence-electron chi connectivity index (χ4n) is 2.92. The molecule has 3 aromatic rings. The molecule has 1 saturated carbocycles. The van der Waals surface area contributed by atoms with Crippen LogP contribution in [0.15, 0.2) is 30.5 Å². The minimum absolute atomic E-state index is 0.0298. The van der Waals surface area contributed by atoms with Gasteiger partial charge in [-0.15, -0.1) is 5.10 Å². The number of amides is 1. The van der Waals surface area contributed by atoms with Crippen molar-refractivity contribution in [3.05, 3.63) is 41.7 Å². The van der Waals surface area contributed by atoms with Gasteiger partial charge in [0.25, 0.3) is 0 Å². The predicted molar refractivity (Wildman–Crippen MR) is 112 cm³/mol. The van der Waals surface area contributed by atoms with Crippen molar-refractivity contribution in [3.8, 4) is 6.07 Å². The van der Waals surface area contributed by atoms with Crippen LogP contribution in [-0.4, -0.2) is 26.5 Å². The molecule has 1 amide bonds. The zero-order valence-corrected chi connectivity index (χ0v) is 16.7. The smallest absolute Gasteiger partial charge is 0.226 e. The van der Waals surface area contributed by atoms with Gasteiger partial charge in [0.15, 0.2) is 17.2 Å². The lowest BCUT2D eigenvalue weighted by Gasteiger charge is -2.14. The lowest BCUT2D eigenvalue weighted by atomic mass is 10.1. The van der Waals surface area contributed by atoms with Gasteiger partial charge in [0, 0.05) is 29.4 Å². The molecule has 1 aliphatic rings. The number of hydrogen-bond acceptors (Lipinski definition) is 6. The van der Waals surface area contributed by atoms with E-state index in [0.717, 1.165) is 35.5 Å². The van der Waals surface area contributed by atoms with Gasteiger partial charge in [-0.3, -0.25) is 4.79 Å². The van der Waals surface area contributed by atoms with Crippen LogP contribution in [0.5, 0.6) is 0 Å². The molecule has 0 atom stereocenters. The van der Waals surface area contributed by atoms with Crippen LogP contribution in [0.2, 0.25) is 0 Å². The fourth-order valence-corrected chi connectivity index (χ4v) is 2.92. The van der Waals surface area contributed by atoms with Crippen LogP contribution in [-0.2, 0) is 4.79 Å². The van der Waals surface area contributed by atoms with E-state index in [0.29, 0.717) is 23.2 Å². The van der Waals surface area contributed by atoms with E-state index >= 15 is 0 Å². The zero-order chi connectivity index (χ0) is 20.5. The number of anilines is 4. The summed E-state index contributed by atoms with van der Waals surface area (Å²) in [5.41, 5.74) is 4.37. The topological polar surface area (TPSA) is 107 Å².